The van der Waals surface area contributed by atoms with E-state index in [1.54, 1.807) is 7.05 Å². The summed E-state index contributed by atoms with van der Waals surface area (Å²) in [5.41, 5.74) is 5.15. The van der Waals surface area contributed by atoms with Gasteiger partial charge >= 0.3 is 0 Å². The first kappa shape index (κ1) is 12.5. The lowest BCUT2D eigenvalue weighted by atomic mass is 10.1. The van der Waals surface area contributed by atoms with Crippen LogP contribution in [0.15, 0.2) is 0 Å². The summed E-state index contributed by atoms with van der Waals surface area (Å²) in [5, 5.41) is 2.56. The summed E-state index contributed by atoms with van der Waals surface area (Å²) in [6.07, 6.45) is 1.78. The molecule has 1 heterocycles. The van der Waals surface area contributed by atoms with Gasteiger partial charge in [0, 0.05) is 14.0 Å². The van der Waals surface area contributed by atoms with Crippen LogP contribution in [0.3, 0.4) is 0 Å². The third kappa shape index (κ3) is 2.71. The molecule has 0 aromatic rings. The maximum atomic E-state index is 11.8. The summed E-state index contributed by atoms with van der Waals surface area (Å²) in [4.78, 5) is 35.3. The molecule has 0 aromatic carbocycles. The van der Waals surface area contributed by atoms with Gasteiger partial charge in [0.15, 0.2) is 0 Å². The molecule has 0 saturated carbocycles. The van der Waals surface area contributed by atoms with Crippen molar-refractivity contribution in [3.05, 3.63) is 0 Å². The molecule has 0 spiro atoms. The first-order valence-electron chi connectivity index (χ1n) is 5.26. The number of hydrogen-bond donors (Lipinski definition) is 2. The van der Waals surface area contributed by atoms with Gasteiger partial charge in [0.05, 0.1) is 0 Å². The molecular weight excluding hydrogens is 210 g/mol. The summed E-state index contributed by atoms with van der Waals surface area (Å²) in [5.74, 6) is -1.00. The van der Waals surface area contributed by atoms with Gasteiger partial charge in [0.2, 0.25) is 17.7 Å². The Morgan fingerprint density at radius 3 is 2.56 bits per heavy atom. The number of rotatable bonds is 2. The second-order valence-electron chi connectivity index (χ2n) is 4.04. The minimum atomic E-state index is -0.613. The number of hydrogen-bond acceptors (Lipinski definition) is 3. The maximum absolute atomic E-state index is 11.8. The zero-order valence-electron chi connectivity index (χ0n) is 9.53. The Morgan fingerprint density at radius 2 is 2.06 bits per heavy atom. The van der Waals surface area contributed by atoms with E-state index in [2.05, 4.69) is 5.32 Å². The number of nitrogens with zero attached hydrogens (tertiary/aromatic N) is 1. The van der Waals surface area contributed by atoms with Crippen LogP contribution in [0.4, 0.5) is 0 Å². The molecule has 0 radical (unpaired) electrons. The highest BCUT2D eigenvalue weighted by molar-refractivity contribution is 5.91. The monoisotopic (exact) mass is 227 g/mol. The number of carbonyl (C=O) groups is 3. The number of amides is 3. The van der Waals surface area contributed by atoms with E-state index in [1.165, 1.54) is 11.8 Å². The smallest absolute Gasteiger partial charge is 0.243 e. The zero-order chi connectivity index (χ0) is 12.3. The lowest BCUT2D eigenvalue weighted by Gasteiger charge is -2.24. The van der Waals surface area contributed by atoms with Crippen LogP contribution in [-0.2, 0) is 14.4 Å². The summed E-state index contributed by atoms with van der Waals surface area (Å²) < 4.78 is 0. The van der Waals surface area contributed by atoms with Crippen molar-refractivity contribution in [2.45, 2.75) is 38.3 Å². The Balaban J connectivity index is 2.73. The van der Waals surface area contributed by atoms with Crippen LogP contribution >= 0.6 is 0 Å². The van der Waals surface area contributed by atoms with Gasteiger partial charge in [-0.15, -0.1) is 0 Å². The largest absolute Gasteiger partial charge is 0.368 e. The van der Waals surface area contributed by atoms with Crippen LogP contribution in [0.25, 0.3) is 0 Å². The molecule has 1 fully saturated rings. The summed E-state index contributed by atoms with van der Waals surface area (Å²) >= 11 is 0. The normalized spacial score (nSPS) is 25.5. The van der Waals surface area contributed by atoms with Crippen molar-refractivity contribution >= 4 is 17.7 Å². The van der Waals surface area contributed by atoms with E-state index in [1.807, 2.05) is 0 Å². The van der Waals surface area contributed by atoms with Gasteiger partial charge in [-0.1, -0.05) is 0 Å². The first-order valence-corrected chi connectivity index (χ1v) is 5.26. The molecule has 1 saturated heterocycles. The predicted molar refractivity (Wildman–Crippen MR) is 57.2 cm³/mol. The van der Waals surface area contributed by atoms with Gasteiger partial charge in [-0.25, -0.2) is 0 Å². The van der Waals surface area contributed by atoms with Gasteiger partial charge in [0.1, 0.15) is 12.1 Å². The van der Waals surface area contributed by atoms with Gasteiger partial charge in [-0.3, -0.25) is 14.4 Å². The van der Waals surface area contributed by atoms with Gasteiger partial charge in [-0.2, -0.15) is 0 Å². The van der Waals surface area contributed by atoms with Crippen LogP contribution in [-0.4, -0.2) is 41.8 Å². The second-order valence-corrected chi connectivity index (χ2v) is 4.04. The fraction of sp³-hybridized carbons (Fsp3) is 0.700. The summed E-state index contributed by atoms with van der Waals surface area (Å²) in [6, 6.07) is -1.11. The number of likely N-dealkylation sites (N-methyl/N-ethyl adjacent to an activating group) is 1. The molecule has 0 aliphatic carbocycles. The molecular formula is C10H17N3O3. The number of primary amides is 1. The minimum Gasteiger partial charge on any atom is -0.368 e. The van der Waals surface area contributed by atoms with Gasteiger partial charge < -0.3 is 16.0 Å². The molecule has 1 rings (SSSR count). The maximum Gasteiger partial charge on any atom is 0.243 e. The molecule has 90 valence electrons. The molecule has 0 bridgehead atoms. The van der Waals surface area contributed by atoms with Crippen molar-refractivity contribution < 1.29 is 14.4 Å². The minimum absolute atomic E-state index is 0.169. The molecule has 3 N–H and O–H groups in total. The molecule has 1 aliphatic heterocycles. The van der Waals surface area contributed by atoms with Crippen molar-refractivity contribution in [1.29, 1.82) is 0 Å². The fourth-order valence-electron chi connectivity index (χ4n) is 1.79. The van der Waals surface area contributed by atoms with Crippen LogP contribution in [0.2, 0.25) is 0 Å². The van der Waals surface area contributed by atoms with E-state index in [0.717, 1.165) is 0 Å². The fourth-order valence-corrected chi connectivity index (χ4v) is 1.79. The Labute approximate surface area is 94.2 Å². The lowest BCUT2D eigenvalue weighted by molar-refractivity contribution is -0.138. The first-order chi connectivity index (χ1) is 7.43. The Bertz CT molecular complexity index is 316. The molecule has 6 nitrogen and oxygen atoms in total. The third-order valence-electron chi connectivity index (χ3n) is 2.90. The van der Waals surface area contributed by atoms with Crippen molar-refractivity contribution in [2.75, 3.05) is 7.05 Å². The highest BCUT2D eigenvalue weighted by Gasteiger charge is 2.31. The van der Waals surface area contributed by atoms with Crippen molar-refractivity contribution in [1.82, 2.24) is 10.2 Å². The number of nitrogens with two attached hydrogens (primary N) is 1. The highest BCUT2D eigenvalue weighted by Crippen LogP contribution is 2.14. The zero-order valence-corrected chi connectivity index (χ0v) is 9.53. The van der Waals surface area contributed by atoms with E-state index in [9.17, 15) is 14.4 Å². The third-order valence-corrected chi connectivity index (χ3v) is 2.90. The Hall–Kier alpha value is -1.59. The van der Waals surface area contributed by atoms with E-state index in [-0.39, 0.29) is 11.8 Å². The molecule has 0 unspecified atom stereocenters. The standard InChI is InChI=1S/C10H17N3O3/c1-6(14)13(2)8-5-3-4-7(9(11)15)12-10(8)16/h7-8H,3-5H2,1-2H3,(H2,11,15)(H,12,16)/t7-,8-/m1/s1. The SMILES string of the molecule is CC(=O)N(C)[C@@H]1CCC[C@H](C(N)=O)NC1=O. The molecule has 0 aromatic heterocycles. The van der Waals surface area contributed by atoms with Crippen LogP contribution < -0.4 is 11.1 Å². The molecule has 1 aliphatic rings. The molecule has 3 amide bonds. The predicted octanol–water partition coefficient (Wildman–Crippen LogP) is -1.01. The number of carbonyl (C=O) groups excluding carboxylic acids is 3. The van der Waals surface area contributed by atoms with Crippen molar-refractivity contribution in [2.24, 2.45) is 5.73 Å². The molecule has 6 heteroatoms. The Morgan fingerprint density at radius 1 is 1.44 bits per heavy atom. The van der Waals surface area contributed by atoms with Crippen molar-refractivity contribution in [3.8, 4) is 0 Å². The molecule has 2 atom stereocenters. The van der Waals surface area contributed by atoms with E-state index < -0.39 is 18.0 Å². The van der Waals surface area contributed by atoms with E-state index in [4.69, 9.17) is 5.73 Å². The van der Waals surface area contributed by atoms with Crippen LogP contribution in [0, 0.1) is 0 Å². The van der Waals surface area contributed by atoms with Gasteiger partial charge in [0.25, 0.3) is 0 Å². The second kappa shape index (κ2) is 4.96. The average molecular weight is 227 g/mol. The molecule has 16 heavy (non-hydrogen) atoms. The highest BCUT2D eigenvalue weighted by atomic mass is 16.2. The lowest BCUT2D eigenvalue weighted by Crippen LogP contribution is -2.50. The summed E-state index contributed by atoms with van der Waals surface area (Å²) in [6.45, 7) is 1.41. The van der Waals surface area contributed by atoms with E-state index in [0.29, 0.717) is 19.3 Å². The topological polar surface area (TPSA) is 92.5 Å². The Kier molecular flexibility index (Phi) is 3.87. The van der Waals surface area contributed by atoms with E-state index >= 15 is 0 Å². The summed E-state index contributed by atoms with van der Waals surface area (Å²) in [7, 11) is 1.58. The average Bonchev–Trinajstić information content (AvgIpc) is 2.38. The van der Waals surface area contributed by atoms with Crippen LogP contribution in [0.5, 0.6) is 0 Å². The number of nitrogens with one attached hydrogen (secondary N) is 1. The quantitative estimate of drug-likeness (QED) is 0.633. The van der Waals surface area contributed by atoms with Gasteiger partial charge in [-0.05, 0) is 19.3 Å². The van der Waals surface area contributed by atoms with Crippen molar-refractivity contribution in [3.63, 3.8) is 0 Å². The van der Waals surface area contributed by atoms with Crippen LogP contribution in [0.1, 0.15) is 26.2 Å².